The minimum absolute atomic E-state index is 0.0451. The van der Waals surface area contributed by atoms with Crippen molar-refractivity contribution in [2.45, 2.75) is 44.1 Å². The summed E-state index contributed by atoms with van der Waals surface area (Å²) in [5, 5.41) is 0. The molecule has 2 rings (SSSR count). The van der Waals surface area contributed by atoms with E-state index in [0.29, 0.717) is 5.56 Å². The molecule has 88 valence electrons. The normalized spacial score (nSPS) is 27.9. The highest BCUT2D eigenvalue weighted by molar-refractivity contribution is 5.39. The zero-order chi connectivity index (χ0) is 12.2. The molecule has 0 saturated heterocycles. The van der Waals surface area contributed by atoms with E-state index in [1.54, 1.807) is 18.2 Å². The summed E-state index contributed by atoms with van der Waals surface area (Å²) in [6, 6.07) is 7.25. The Kier molecular flexibility index (Phi) is 2.19. The summed E-state index contributed by atoms with van der Waals surface area (Å²) in [5.74, 6) is -2.75. The van der Waals surface area contributed by atoms with Gasteiger partial charge in [0.05, 0.1) is 0 Å². The minimum atomic E-state index is -2.75. The average molecular weight is 225 g/mol. The minimum Gasteiger partial charge on any atom is -0.316 e. The molecule has 0 spiro atoms. The van der Waals surface area contributed by atoms with Crippen LogP contribution in [0.15, 0.2) is 24.3 Å². The molecule has 1 aromatic rings. The Morgan fingerprint density at radius 2 is 1.81 bits per heavy atom. The summed E-state index contributed by atoms with van der Waals surface area (Å²) in [5.41, 5.74) is 5.81. The summed E-state index contributed by atoms with van der Waals surface area (Å²) < 4.78 is 26.3. The number of rotatable bonds is 1. The van der Waals surface area contributed by atoms with E-state index >= 15 is 0 Å². The fourth-order valence-corrected chi connectivity index (χ4v) is 1.88. The number of hydrogen-bond acceptors (Lipinski definition) is 1. The molecule has 1 unspecified atom stereocenters. The van der Waals surface area contributed by atoms with E-state index < -0.39 is 11.5 Å². The predicted molar refractivity (Wildman–Crippen MR) is 60.6 cm³/mol. The highest BCUT2D eigenvalue weighted by atomic mass is 19.3. The maximum Gasteiger partial charge on any atom is 0.272 e. The van der Waals surface area contributed by atoms with E-state index in [1.807, 2.05) is 6.07 Å². The highest BCUT2D eigenvalue weighted by Gasteiger charge is 2.69. The third-order valence-electron chi connectivity index (χ3n) is 3.27. The highest BCUT2D eigenvalue weighted by Crippen LogP contribution is 2.57. The molecular formula is C13H17F2N. The van der Waals surface area contributed by atoms with Gasteiger partial charge >= 0.3 is 0 Å². The molecule has 0 aromatic heterocycles. The van der Waals surface area contributed by atoms with Crippen molar-refractivity contribution in [3.05, 3.63) is 35.4 Å². The lowest BCUT2D eigenvalue weighted by atomic mass is 9.85. The first-order chi connectivity index (χ1) is 7.17. The van der Waals surface area contributed by atoms with Crippen LogP contribution >= 0.6 is 0 Å². The Labute approximate surface area is 94.7 Å². The Balaban J connectivity index is 2.39. The Hall–Kier alpha value is -0.960. The van der Waals surface area contributed by atoms with Gasteiger partial charge in [0, 0.05) is 6.42 Å². The largest absolute Gasteiger partial charge is 0.316 e. The maximum atomic E-state index is 13.2. The molecule has 0 aliphatic heterocycles. The van der Waals surface area contributed by atoms with Gasteiger partial charge < -0.3 is 5.73 Å². The molecule has 2 N–H and O–H groups in total. The number of nitrogens with two attached hydrogens (primary N) is 1. The number of benzene rings is 1. The molecule has 0 heterocycles. The van der Waals surface area contributed by atoms with Crippen LogP contribution in [0.25, 0.3) is 0 Å². The zero-order valence-corrected chi connectivity index (χ0v) is 9.85. The summed E-state index contributed by atoms with van der Waals surface area (Å²) in [7, 11) is 0. The summed E-state index contributed by atoms with van der Waals surface area (Å²) in [6.45, 7) is 6.17. The quantitative estimate of drug-likeness (QED) is 0.780. The van der Waals surface area contributed by atoms with E-state index in [0.717, 1.165) is 5.56 Å². The standard InChI is InChI=1S/C13H17F2N/c1-11(2,3)9-5-4-6-10(7-9)12(16)8-13(12,14)15/h4-7H,8,16H2,1-3H3. The van der Waals surface area contributed by atoms with Crippen LogP contribution in [0.3, 0.4) is 0 Å². The second kappa shape index (κ2) is 3.04. The van der Waals surface area contributed by atoms with Crippen LogP contribution in [-0.2, 0) is 11.0 Å². The van der Waals surface area contributed by atoms with Crippen LogP contribution < -0.4 is 5.73 Å². The van der Waals surface area contributed by atoms with Crippen molar-refractivity contribution in [3.8, 4) is 0 Å². The van der Waals surface area contributed by atoms with Crippen molar-refractivity contribution in [1.29, 1.82) is 0 Å². The average Bonchev–Trinajstić information content (AvgIpc) is 2.66. The van der Waals surface area contributed by atoms with E-state index in [4.69, 9.17) is 5.73 Å². The third kappa shape index (κ3) is 1.63. The smallest absolute Gasteiger partial charge is 0.272 e. The van der Waals surface area contributed by atoms with Gasteiger partial charge in [-0.05, 0) is 16.5 Å². The molecule has 1 nitrogen and oxygen atoms in total. The zero-order valence-electron chi connectivity index (χ0n) is 9.85. The fraction of sp³-hybridized carbons (Fsp3) is 0.538. The van der Waals surface area contributed by atoms with Crippen molar-refractivity contribution in [2.24, 2.45) is 5.73 Å². The SMILES string of the molecule is CC(C)(C)c1cccc(C2(N)CC2(F)F)c1. The van der Waals surface area contributed by atoms with Gasteiger partial charge in [-0.15, -0.1) is 0 Å². The van der Waals surface area contributed by atoms with Crippen LogP contribution in [0.1, 0.15) is 38.3 Å². The van der Waals surface area contributed by atoms with E-state index in [-0.39, 0.29) is 11.8 Å². The van der Waals surface area contributed by atoms with Crippen LogP contribution in [0.2, 0.25) is 0 Å². The molecule has 0 amide bonds. The van der Waals surface area contributed by atoms with Gasteiger partial charge in [-0.2, -0.15) is 0 Å². The summed E-state index contributed by atoms with van der Waals surface area (Å²) in [6.07, 6.45) is -0.242. The van der Waals surface area contributed by atoms with Crippen molar-refractivity contribution in [2.75, 3.05) is 0 Å². The first kappa shape index (κ1) is 11.5. The number of alkyl halides is 2. The van der Waals surface area contributed by atoms with Crippen LogP contribution in [-0.4, -0.2) is 5.92 Å². The van der Waals surface area contributed by atoms with Crippen molar-refractivity contribution in [1.82, 2.24) is 0 Å². The van der Waals surface area contributed by atoms with Crippen molar-refractivity contribution < 1.29 is 8.78 Å². The maximum absolute atomic E-state index is 13.2. The van der Waals surface area contributed by atoms with Gasteiger partial charge in [0.2, 0.25) is 0 Å². The molecular weight excluding hydrogens is 208 g/mol. The summed E-state index contributed by atoms with van der Waals surface area (Å²) >= 11 is 0. The second-order valence-electron chi connectivity index (χ2n) is 5.68. The van der Waals surface area contributed by atoms with Gasteiger partial charge in [-0.3, -0.25) is 0 Å². The van der Waals surface area contributed by atoms with E-state index in [1.165, 1.54) is 0 Å². The molecule has 3 heteroatoms. The summed E-state index contributed by atoms with van der Waals surface area (Å²) in [4.78, 5) is 0. The Morgan fingerprint density at radius 3 is 2.25 bits per heavy atom. The lowest BCUT2D eigenvalue weighted by Crippen LogP contribution is -2.27. The molecule has 1 aromatic carbocycles. The van der Waals surface area contributed by atoms with Gasteiger partial charge in [0.15, 0.2) is 0 Å². The lowest BCUT2D eigenvalue weighted by Gasteiger charge is -2.21. The van der Waals surface area contributed by atoms with Crippen LogP contribution in [0.4, 0.5) is 8.78 Å². The first-order valence-corrected chi connectivity index (χ1v) is 5.45. The molecule has 16 heavy (non-hydrogen) atoms. The van der Waals surface area contributed by atoms with Crippen LogP contribution in [0.5, 0.6) is 0 Å². The first-order valence-electron chi connectivity index (χ1n) is 5.45. The van der Waals surface area contributed by atoms with Gasteiger partial charge in [0.1, 0.15) is 5.54 Å². The van der Waals surface area contributed by atoms with Gasteiger partial charge in [0.25, 0.3) is 5.92 Å². The fourth-order valence-electron chi connectivity index (χ4n) is 1.88. The van der Waals surface area contributed by atoms with Crippen LogP contribution in [0, 0.1) is 0 Å². The molecule has 0 radical (unpaired) electrons. The molecule has 1 saturated carbocycles. The lowest BCUT2D eigenvalue weighted by molar-refractivity contribution is 0.0891. The Morgan fingerprint density at radius 1 is 1.25 bits per heavy atom. The van der Waals surface area contributed by atoms with Crippen molar-refractivity contribution >= 4 is 0 Å². The molecule has 1 aliphatic rings. The van der Waals surface area contributed by atoms with Gasteiger partial charge in [-0.1, -0.05) is 45.0 Å². The second-order valence-corrected chi connectivity index (χ2v) is 5.68. The molecule has 1 fully saturated rings. The van der Waals surface area contributed by atoms with Crippen molar-refractivity contribution in [3.63, 3.8) is 0 Å². The molecule has 0 bridgehead atoms. The Bertz CT molecular complexity index is 420. The topological polar surface area (TPSA) is 26.0 Å². The van der Waals surface area contributed by atoms with E-state index in [2.05, 4.69) is 20.8 Å². The molecule has 1 atom stereocenters. The van der Waals surface area contributed by atoms with Gasteiger partial charge in [-0.25, -0.2) is 8.78 Å². The number of halogens is 2. The third-order valence-corrected chi connectivity index (χ3v) is 3.27. The number of hydrogen-bond donors (Lipinski definition) is 1. The predicted octanol–water partition coefficient (Wildman–Crippen LogP) is 3.18. The molecule has 1 aliphatic carbocycles. The van der Waals surface area contributed by atoms with E-state index in [9.17, 15) is 8.78 Å². The monoisotopic (exact) mass is 225 g/mol.